The van der Waals surface area contributed by atoms with E-state index >= 15 is 0 Å². The number of pyridine rings is 1. The molecule has 0 bridgehead atoms. The molecule has 6 heteroatoms. The van der Waals surface area contributed by atoms with E-state index in [2.05, 4.69) is 4.98 Å². The second-order valence-corrected chi connectivity index (χ2v) is 3.35. The monoisotopic (exact) mass is 307 g/mol. The van der Waals surface area contributed by atoms with E-state index in [1.54, 1.807) is 0 Å². The van der Waals surface area contributed by atoms with Gasteiger partial charge in [0, 0.05) is 6.20 Å². The van der Waals surface area contributed by atoms with Crippen LogP contribution in [-0.2, 0) is 0 Å². The standard InChI is InChI=1S/C6H2ClF3IN/c7-2-1-12-6(11)3(4(2)8)5(9)10/h1,5H. The molecular weight excluding hydrogens is 305 g/mol. The Morgan fingerprint density at radius 2 is 2.08 bits per heavy atom. The smallest absolute Gasteiger partial charge is 0.248 e. The van der Waals surface area contributed by atoms with E-state index in [1.807, 2.05) is 0 Å². The Balaban J connectivity index is 3.33. The number of nitrogens with zero attached hydrogens (tertiary/aromatic N) is 1. The summed E-state index contributed by atoms with van der Waals surface area (Å²) in [6.45, 7) is 0. The van der Waals surface area contributed by atoms with Gasteiger partial charge < -0.3 is 0 Å². The van der Waals surface area contributed by atoms with E-state index in [-0.39, 0.29) is 8.72 Å². The maximum atomic E-state index is 12.9. The van der Waals surface area contributed by atoms with Crippen molar-refractivity contribution < 1.29 is 13.2 Å². The average molecular weight is 307 g/mol. The van der Waals surface area contributed by atoms with Gasteiger partial charge in [-0.25, -0.2) is 18.2 Å². The quantitative estimate of drug-likeness (QED) is 0.572. The zero-order valence-corrected chi connectivity index (χ0v) is 8.41. The number of alkyl halides is 2. The van der Waals surface area contributed by atoms with Crippen molar-refractivity contribution in [1.29, 1.82) is 0 Å². The van der Waals surface area contributed by atoms with Crippen LogP contribution in [0.4, 0.5) is 13.2 Å². The van der Waals surface area contributed by atoms with Crippen LogP contribution in [0.15, 0.2) is 6.20 Å². The molecule has 1 aromatic rings. The van der Waals surface area contributed by atoms with Gasteiger partial charge in [-0.3, -0.25) is 0 Å². The molecule has 0 saturated carbocycles. The number of halogens is 5. The molecule has 1 heterocycles. The van der Waals surface area contributed by atoms with Gasteiger partial charge in [0.25, 0.3) is 6.43 Å². The molecule has 66 valence electrons. The molecule has 1 aromatic heterocycles. The largest absolute Gasteiger partial charge is 0.269 e. The minimum atomic E-state index is -2.89. The molecule has 0 aliphatic rings. The Morgan fingerprint density at radius 1 is 1.50 bits per heavy atom. The van der Waals surface area contributed by atoms with E-state index in [0.717, 1.165) is 6.20 Å². The summed E-state index contributed by atoms with van der Waals surface area (Å²) in [4.78, 5) is 3.50. The molecule has 0 aliphatic carbocycles. The van der Waals surface area contributed by atoms with Crippen LogP contribution in [0.5, 0.6) is 0 Å². The zero-order valence-electron chi connectivity index (χ0n) is 5.49. The van der Waals surface area contributed by atoms with Crippen LogP contribution in [0, 0.1) is 9.52 Å². The summed E-state index contributed by atoms with van der Waals surface area (Å²) in [6.07, 6.45) is -1.88. The molecule has 1 nitrogen and oxygen atoms in total. The molecule has 0 saturated heterocycles. The minimum Gasteiger partial charge on any atom is -0.248 e. The van der Waals surface area contributed by atoms with Gasteiger partial charge in [0.15, 0.2) is 5.82 Å². The lowest BCUT2D eigenvalue weighted by Crippen LogP contribution is -1.98. The topological polar surface area (TPSA) is 12.9 Å². The van der Waals surface area contributed by atoms with Crippen LogP contribution in [0.25, 0.3) is 0 Å². The molecule has 0 aliphatic heterocycles. The van der Waals surface area contributed by atoms with E-state index in [4.69, 9.17) is 11.6 Å². The normalized spacial score (nSPS) is 10.8. The maximum Gasteiger partial charge on any atom is 0.269 e. The minimum absolute atomic E-state index is 0.0653. The summed E-state index contributed by atoms with van der Waals surface area (Å²) in [6, 6.07) is 0. The van der Waals surface area contributed by atoms with Crippen molar-refractivity contribution in [2.45, 2.75) is 6.43 Å². The highest BCUT2D eigenvalue weighted by Gasteiger charge is 2.20. The third kappa shape index (κ3) is 1.82. The van der Waals surface area contributed by atoms with Gasteiger partial charge in [-0.1, -0.05) is 11.6 Å². The average Bonchev–Trinajstić information content (AvgIpc) is 1.97. The van der Waals surface area contributed by atoms with Gasteiger partial charge in [0.2, 0.25) is 0 Å². The first-order valence-electron chi connectivity index (χ1n) is 2.81. The number of rotatable bonds is 1. The number of hydrogen-bond donors (Lipinski definition) is 0. The fraction of sp³-hybridized carbons (Fsp3) is 0.167. The van der Waals surface area contributed by atoms with Gasteiger partial charge in [0.1, 0.15) is 3.70 Å². The lowest BCUT2D eigenvalue weighted by Gasteiger charge is -2.04. The maximum absolute atomic E-state index is 12.9. The van der Waals surface area contributed by atoms with E-state index in [9.17, 15) is 13.2 Å². The predicted octanol–water partition coefficient (Wildman–Crippen LogP) is 3.42. The lowest BCUT2D eigenvalue weighted by molar-refractivity contribution is 0.144. The molecule has 0 atom stereocenters. The van der Waals surface area contributed by atoms with Crippen molar-refractivity contribution in [2.75, 3.05) is 0 Å². The van der Waals surface area contributed by atoms with Gasteiger partial charge in [0.05, 0.1) is 10.6 Å². The van der Waals surface area contributed by atoms with Crippen LogP contribution in [0.3, 0.4) is 0 Å². The first-order valence-corrected chi connectivity index (χ1v) is 4.27. The van der Waals surface area contributed by atoms with Gasteiger partial charge in [-0.05, 0) is 22.6 Å². The van der Waals surface area contributed by atoms with Crippen LogP contribution in [0.2, 0.25) is 5.02 Å². The Kier molecular flexibility index (Phi) is 3.16. The Labute approximate surface area is 85.1 Å². The van der Waals surface area contributed by atoms with Crippen molar-refractivity contribution in [1.82, 2.24) is 4.98 Å². The van der Waals surface area contributed by atoms with Crippen LogP contribution in [-0.4, -0.2) is 4.98 Å². The summed E-state index contributed by atoms with van der Waals surface area (Å²) in [5, 5.41) is -0.384. The highest BCUT2D eigenvalue weighted by Crippen LogP contribution is 2.29. The lowest BCUT2D eigenvalue weighted by atomic mass is 10.3. The Bertz CT molecular complexity index is 305. The first kappa shape index (κ1) is 10.0. The third-order valence-corrected chi connectivity index (χ3v) is 2.30. The van der Waals surface area contributed by atoms with Crippen molar-refractivity contribution in [2.24, 2.45) is 0 Å². The molecular formula is C6H2ClF3IN. The fourth-order valence-electron chi connectivity index (χ4n) is 0.645. The molecule has 0 spiro atoms. The van der Waals surface area contributed by atoms with Gasteiger partial charge in [-0.2, -0.15) is 0 Å². The second kappa shape index (κ2) is 3.78. The highest BCUT2D eigenvalue weighted by molar-refractivity contribution is 14.1. The summed E-state index contributed by atoms with van der Waals surface area (Å²) >= 11 is 6.78. The molecule has 1 rings (SSSR count). The molecule has 0 aromatic carbocycles. The van der Waals surface area contributed by atoms with Crippen LogP contribution in [0.1, 0.15) is 12.0 Å². The molecule has 0 unspecified atom stereocenters. The number of hydrogen-bond acceptors (Lipinski definition) is 1. The Morgan fingerprint density at radius 3 is 2.50 bits per heavy atom. The third-order valence-electron chi connectivity index (χ3n) is 1.18. The zero-order chi connectivity index (χ0) is 9.30. The Hall–Kier alpha value is -0.0400. The van der Waals surface area contributed by atoms with E-state index in [1.165, 1.54) is 22.6 Å². The van der Waals surface area contributed by atoms with Crippen molar-refractivity contribution in [3.63, 3.8) is 0 Å². The summed E-state index contributed by atoms with van der Waals surface area (Å²) in [5.74, 6) is -1.09. The first-order chi connectivity index (χ1) is 5.54. The second-order valence-electron chi connectivity index (χ2n) is 1.93. The summed E-state index contributed by atoms with van der Waals surface area (Å²) in [7, 11) is 0. The fourth-order valence-corrected chi connectivity index (χ4v) is 1.41. The SMILES string of the molecule is Fc1c(Cl)cnc(I)c1C(F)F. The van der Waals surface area contributed by atoms with Crippen LogP contribution >= 0.6 is 34.2 Å². The molecule has 0 fully saturated rings. The summed E-state index contributed by atoms with van der Waals surface area (Å²) in [5.41, 5.74) is -0.733. The van der Waals surface area contributed by atoms with Crippen LogP contribution < -0.4 is 0 Å². The van der Waals surface area contributed by atoms with E-state index in [0.29, 0.717) is 0 Å². The molecule has 12 heavy (non-hydrogen) atoms. The van der Waals surface area contributed by atoms with E-state index < -0.39 is 17.8 Å². The number of aromatic nitrogens is 1. The van der Waals surface area contributed by atoms with Gasteiger partial charge in [-0.15, -0.1) is 0 Å². The molecule has 0 N–H and O–H groups in total. The molecule has 0 amide bonds. The van der Waals surface area contributed by atoms with Crippen molar-refractivity contribution in [3.8, 4) is 0 Å². The highest BCUT2D eigenvalue weighted by atomic mass is 127. The van der Waals surface area contributed by atoms with Crippen molar-refractivity contribution >= 4 is 34.2 Å². The summed E-state index contributed by atoms with van der Waals surface area (Å²) < 4.78 is 37.0. The van der Waals surface area contributed by atoms with Crippen molar-refractivity contribution in [3.05, 3.63) is 26.3 Å². The molecule has 0 radical (unpaired) electrons. The van der Waals surface area contributed by atoms with Gasteiger partial charge >= 0.3 is 0 Å². The predicted molar refractivity (Wildman–Crippen MR) is 46.9 cm³/mol.